The lowest BCUT2D eigenvalue weighted by molar-refractivity contribution is 0.0263. The number of nitrogens with one attached hydrogen (secondary N) is 1. The van der Waals surface area contributed by atoms with E-state index in [0.29, 0.717) is 31.8 Å². The molecule has 1 N–H and O–H groups in total. The summed E-state index contributed by atoms with van der Waals surface area (Å²) in [6.45, 7) is 13.8. The molecule has 0 unspecified atom stereocenters. The van der Waals surface area contributed by atoms with Gasteiger partial charge in [0.2, 0.25) is 0 Å². The van der Waals surface area contributed by atoms with Crippen molar-refractivity contribution in [1.82, 2.24) is 10.2 Å². The highest BCUT2D eigenvalue weighted by molar-refractivity contribution is 5.68. The summed E-state index contributed by atoms with van der Waals surface area (Å²) in [5.41, 5.74) is 0.138. The molecule has 0 aromatic carbocycles. The molecule has 1 rings (SSSR count). The van der Waals surface area contributed by atoms with Crippen molar-refractivity contribution in [2.45, 2.75) is 32.8 Å². The molecule has 0 aliphatic carbocycles. The third-order valence-corrected chi connectivity index (χ3v) is 2.51. The molecular weight excluding hydrogens is 244 g/mol. The number of nitriles is 1. The summed E-state index contributed by atoms with van der Waals surface area (Å²) in [6, 6.07) is 1.86. The molecule has 0 spiro atoms. The lowest BCUT2D eigenvalue weighted by Gasteiger charge is -2.26. The molecule has 1 amide bonds. The van der Waals surface area contributed by atoms with Crippen LogP contribution in [0.25, 0.3) is 4.85 Å². The Bertz CT molecular complexity index is 447. The lowest BCUT2D eigenvalue weighted by Crippen LogP contribution is -2.38. The number of rotatable bonds is 0. The standard InChI is InChI=1S/C13H18N4O2/c1-13(2,3)19-12(18)17-7-5-10(16-6-8-17)11(9-14)15-4/h16H,5-8H2,1-3H3/b11-10+. The van der Waals surface area contributed by atoms with Crippen LogP contribution >= 0.6 is 0 Å². The zero-order valence-electron chi connectivity index (χ0n) is 11.5. The first-order valence-electron chi connectivity index (χ1n) is 6.10. The minimum atomic E-state index is -0.524. The van der Waals surface area contributed by atoms with Gasteiger partial charge in [0.15, 0.2) is 0 Å². The molecule has 1 saturated heterocycles. The van der Waals surface area contributed by atoms with Crippen molar-refractivity contribution < 1.29 is 9.53 Å². The predicted molar refractivity (Wildman–Crippen MR) is 69.7 cm³/mol. The quantitative estimate of drug-likeness (QED) is 0.534. The molecule has 0 radical (unpaired) electrons. The van der Waals surface area contributed by atoms with E-state index in [0.717, 1.165) is 0 Å². The minimum absolute atomic E-state index is 0.0611. The van der Waals surface area contributed by atoms with E-state index in [-0.39, 0.29) is 11.8 Å². The van der Waals surface area contributed by atoms with E-state index >= 15 is 0 Å². The second-order valence-electron chi connectivity index (χ2n) is 5.19. The van der Waals surface area contributed by atoms with Gasteiger partial charge in [0.25, 0.3) is 5.70 Å². The van der Waals surface area contributed by atoms with E-state index in [1.165, 1.54) is 0 Å². The Morgan fingerprint density at radius 3 is 2.74 bits per heavy atom. The van der Waals surface area contributed by atoms with Crippen LogP contribution in [0.1, 0.15) is 27.2 Å². The lowest BCUT2D eigenvalue weighted by atomic mass is 10.2. The number of carbonyl (C=O) groups excluding carboxylic acids is 1. The van der Waals surface area contributed by atoms with Crippen molar-refractivity contribution in [2.75, 3.05) is 19.6 Å². The second-order valence-corrected chi connectivity index (χ2v) is 5.19. The summed E-state index contributed by atoms with van der Waals surface area (Å²) in [5, 5.41) is 11.9. The van der Waals surface area contributed by atoms with Gasteiger partial charge >= 0.3 is 6.09 Å². The largest absolute Gasteiger partial charge is 0.444 e. The minimum Gasteiger partial charge on any atom is -0.444 e. The molecule has 1 fully saturated rings. The molecule has 6 nitrogen and oxygen atoms in total. The van der Waals surface area contributed by atoms with Crippen LogP contribution in [-0.2, 0) is 4.74 Å². The van der Waals surface area contributed by atoms with Crippen molar-refractivity contribution in [1.29, 1.82) is 5.26 Å². The Kier molecular flexibility index (Phi) is 4.77. The van der Waals surface area contributed by atoms with Gasteiger partial charge in [0.05, 0.1) is 12.6 Å². The van der Waals surface area contributed by atoms with Crippen LogP contribution in [0.2, 0.25) is 0 Å². The number of hydrogen-bond donors (Lipinski definition) is 1. The first-order chi connectivity index (χ1) is 8.87. The summed E-state index contributed by atoms with van der Waals surface area (Å²) < 4.78 is 5.30. The van der Waals surface area contributed by atoms with Gasteiger partial charge in [-0.25, -0.2) is 14.9 Å². The van der Waals surface area contributed by atoms with Crippen molar-refractivity contribution in [3.05, 3.63) is 22.8 Å². The number of allylic oxidation sites excluding steroid dienone is 1. The Balaban J connectivity index is 2.71. The van der Waals surface area contributed by atoms with Crippen molar-refractivity contribution in [3.63, 3.8) is 0 Å². The summed E-state index contributed by atoms with van der Waals surface area (Å²) in [4.78, 5) is 16.7. The Morgan fingerprint density at radius 2 is 2.21 bits per heavy atom. The SMILES string of the molecule is [C-]#[N+]/C(C#N)=C1\CCN(C(=O)OC(C)(C)C)CCN1. The number of hydrogen-bond acceptors (Lipinski definition) is 4. The summed E-state index contributed by atoms with van der Waals surface area (Å²) in [6.07, 6.45) is 0.0988. The molecule has 0 saturated carbocycles. The van der Waals surface area contributed by atoms with Crippen LogP contribution in [0.15, 0.2) is 11.4 Å². The van der Waals surface area contributed by atoms with E-state index in [4.69, 9.17) is 16.6 Å². The molecule has 1 aliphatic heterocycles. The molecule has 0 aromatic heterocycles. The monoisotopic (exact) mass is 262 g/mol. The van der Waals surface area contributed by atoms with Crippen LogP contribution in [0, 0.1) is 17.9 Å². The third-order valence-electron chi connectivity index (χ3n) is 2.51. The summed E-state index contributed by atoms with van der Waals surface area (Å²) in [5.74, 6) is 0. The number of carbonyl (C=O) groups is 1. The maximum atomic E-state index is 11.9. The van der Waals surface area contributed by atoms with Gasteiger partial charge in [-0.1, -0.05) is 0 Å². The van der Waals surface area contributed by atoms with Crippen molar-refractivity contribution in [3.8, 4) is 6.07 Å². The average molecular weight is 262 g/mol. The van der Waals surface area contributed by atoms with E-state index in [2.05, 4.69) is 10.2 Å². The maximum absolute atomic E-state index is 11.9. The zero-order chi connectivity index (χ0) is 14.5. The van der Waals surface area contributed by atoms with Crippen LogP contribution in [0.3, 0.4) is 0 Å². The third kappa shape index (κ3) is 4.51. The van der Waals surface area contributed by atoms with E-state index in [9.17, 15) is 4.79 Å². The van der Waals surface area contributed by atoms with Crippen molar-refractivity contribution >= 4 is 6.09 Å². The highest BCUT2D eigenvalue weighted by Gasteiger charge is 2.24. The molecule has 19 heavy (non-hydrogen) atoms. The van der Waals surface area contributed by atoms with Gasteiger partial charge in [0, 0.05) is 25.3 Å². The van der Waals surface area contributed by atoms with E-state index in [1.54, 1.807) is 4.90 Å². The topological polar surface area (TPSA) is 69.7 Å². The molecule has 1 aliphatic rings. The fraction of sp³-hybridized carbons (Fsp3) is 0.615. The average Bonchev–Trinajstić information content (AvgIpc) is 2.54. The van der Waals surface area contributed by atoms with Crippen LogP contribution in [0.5, 0.6) is 0 Å². The van der Waals surface area contributed by atoms with Crippen LogP contribution in [0.4, 0.5) is 4.79 Å². The smallest absolute Gasteiger partial charge is 0.410 e. The summed E-state index contributed by atoms with van der Waals surface area (Å²) >= 11 is 0. The van der Waals surface area contributed by atoms with Crippen LogP contribution < -0.4 is 5.32 Å². The molecule has 0 atom stereocenters. The fourth-order valence-corrected chi connectivity index (χ4v) is 1.66. The number of ether oxygens (including phenoxy) is 1. The molecule has 1 heterocycles. The molecule has 102 valence electrons. The number of nitrogens with zero attached hydrogens (tertiary/aromatic N) is 3. The van der Waals surface area contributed by atoms with Gasteiger partial charge in [-0.2, -0.15) is 0 Å². The van der Waals surface area contributed by atoms with Gasteiger partial charge in [-0.15, -0.1) is 0 Å². The molecule has 0 bridgehead atoms. The normalized spacial score (nSPS) is 18.5. The van der Waals surface area contributed by atoms with Gasteiger partial charge in [-0.05, 0) is 27.2 Å². The van der Waals surface area contributed by atoms with E-state index < -0.39 is 5.60 Å². The highest BCUT2D eigenvalue weighted by Crippen LogP contribution is 2.14. The number of amides is 1. The molecular formula is C13H18N4O2. The van der Waals surface area contributed by atoms with Gasteiger partial charge in [0.1, 0.15) is 5.60 Å². The highest BCUT2D eigenvalue weighted by atomic mass is 16.6. The van der Waals surface area contributed by atoms with Gasteiger partial charge in [-0.3, -0.25) is 0 Å². The summed E-state index contributed by atoms with van der Waals surface area (Å²) in [7, 11) is 0. The van der Waals surface area contributed by atoms with E-state index in [1.807, 2.05) is 26.8 Å². The van der Waals surface area contributed by atoms with Crippen molar-refractivity contribution in [2.24, 2.45) is 0 Å². The maximum Gasteiger partial charge on any atom is 0.410 e. The Labute approximate surface area is 113 Å². The van der Waals surface area contributed by atoms with Crippen LogP contribution in [-0.4, -0.2) is 36.2 Å². The first kappa shape index (κ1) is 14.8. The Morgan fingerprint density at radius 1 is 1.53 bits per heavy atom. The fourth-order valence-electron chi connectivity index (χ4n) is 1.66. The first-order valence-corrected chi connectivity index (χ1v) is 6.10. The second kappa shape index (κ2) is 6.10. The molecule has 6 heteroatoms. The molecule has 0 aromatic rings. The Hall–Kier alpha value is -2.21. The van der Waals surface area contributed by atoms with Gasteiger partial charge < -0.3 is 15.0 Å². The zero-order valence-corrected chi connectivity index (χ0v) is 11.5. The predicted octanol–water partition coefficient (Wildman–Crippen LogP) is 1.87.